The zero-order chi connectivity index (χ0) is 22.0. The molecule has 2 aliphatic rings. The Kier molecular flexibility index (Phi) is 6.46. The second kappa shape index (κ2) is 8.17. The molecule has 1 saturated carbocycles. The monoisotopic (exact) mass is 419 g/mol. The van der Waals surface area contributed by atoms with Crippen molar-refractivity contribution in [3.63, 3.8) is 0 Å². The molecule has 1 aromatic carbocycles. The molecule has 162 valence electrons. The van der Waals surface area contributed by atoms with E-state index in [-0.39, 0.29) is 23.7 Å². The third-order valence-electron chi connectivity index (χ3n) is 4.61. The molecule has 29 heavy (non-hydrogen) atoms. The molecule has 1 amide bonds. The number of hydrogen-bond acceptors (Lipinski definition) is 4. The van der Waals surface area contributed by atoms with E-state index in [2.05, 4.69) is 10.3 Å². The molecule has 1 atom stereocenters. The van der Waals surface area contributed by atoms with Gasteiger partial charge in [-0.25, -0.2) is 9.18 Å². The molecule has 0 unspecified atom stereocenters. The molecule has 0 saturated heterocycles. The number of nitrogens with one attached hydrogen (secondary N) is 1. The number of ether oxygens (including phenoxy) is 1. The van der Waals surface area contributed by atoms with E-state index in [0.29, 0.717) is 19.3 Å². The Morgan fingerprint density at radius 3 is 2.41 bits per heavy atom. The fourth-order valence-corrected chi connectivity index (χ4v) is 3.24. The van der Waals surface area contributed by atoms with Crippen molar-refractivity contribution in [3.05, 3.63) is 29.6 Å². The normalized spacial score (nSPS) is 23.9. The molecule has 1 aliphatic heterocycles. The highest BCUT2D eigenvalue weighted by molar-refractivity contribution is 5.83. The Labute approximate surface area is 166 Å². The minimum absolute atomic E-state index is 0.178. The van der Waals surface area contributed by atoms with Crippen molar-refractivity contribution in [2.75, 3.05) is 11.9 Å². The molecule has 10 heteroatoms. The summed E-state index contributed by atoms with van der Waals surface area (Å²) in [5.41, 5.74) is 4.91. The van der Waals surface area contributed by atoms with Gasteiger partial charge < -0.3 is 15.6 Å². The maximum atomic E-state index is 14.3. The summed E-state index contributed by atoms with van der Waals surface area (Å²) in [6.07, 6.45) is -3.99. The summed E-state index contributed by atoms with van der Waals surface area (Å²) in [5, 5.41) is 11.0. The molecule has 1 fully saturated rings. The van der Waals surface area contributed by atoms with E-state index in [1.54, 1.807) is 6.92 Å². The number of carboxylic acid groups (broad SMARTS) is 1. The van der Waals surface area contributed by atoms with E-state index in [1.165, 1.54) is 18.2 Å². The maximum absolute atomic E-state index is 14.3. The van der Waals surface area contributed by atoms with Crippen LogP contribution in [0.2, 0.25) is 0 Å². The largest absolute Gasteiger partial charge is 0.465 e. The van der Waals surface area contributed by atoms with Gasteiger partial charge in [-0.15, -0.1) is 0 Å². The van der Waals surface area contributed by atoms with Crippen LogP contribution in [0.5, 0.6) is 0 Å². The summed E-state index contributed by atoms with van der Waals surface area (Å²) < 4.78 is 53.7. The molecule has 6 nitrogen and oxygen atoms in total. The Bertz CT molecular complexity index is 791. The third-order valence-corrected chi connectivity index (χ3v) is 4.61. The van der Waals surface area contributed by atoms with Crippen LogP contribution in [0.1, 0.15) is 45.6 Å². The fraction of sp³-hybridized carbons (Fsp3) is 0.579. The Morgan fingerprint density at radius 2 is 1.93 bits per heavy atom. The van der Waals surface area contributed by atoms with E-state index < -0.39 is 35.1 Å². The molecule has 3 rings (SSSR count). The SMILES string of the molecule is CC1(C)C[C@@](C)(c2cc(NC(=O)O)ccc2F)N=C(N)CO1.FC(F)(F)C1CC1. The summed E-state index contributed by atoms with van der Waals surface area (Å²) in [7, 11) is 0. The van der Waals surface area contributed by atoms with Crippen molar-refractivity contribution < 1.29 is 32.2 Å². The van der Waals surface area contributed by atoms with Gasteiger partial charge in [-0.2, -0.15) is 13.2 Å². The average Bonchev–Trinajstić information content (AvgIpc) is 3.39. The van der Waals surface area contributed by atoms with Gasteiger partial charge in [0.15, 0.2) is 0 Å². The molecule has 1 aliphatic carbocycles. The minimum atomic E-state index is -3.89. The highest BCUT2D eigenvalue weighted by Crippen LogP contribution is 2.44. The number of nitrogens with two attached hydrogens (primary N) is 1. The standard InChI is InChI=1S/C15H20FN3O3.C4H5F3/c1-14(2)8-15(3,19-12(17)7-22-14)10-6-9(18-13(20)21)4-5-11(10)16;5-4(6,7)3-1-2-3/h4-6,18H,7-8H2,1-3H3,(H2,17,19)(H,20,21);3H,1-2H2/t15-;/m0./s1. The van der Waals surface area contributed by atoms with Gasteiger partial charge >= 0.3 is 12.3 Å². The van der Waals surface area contributed by atoms with Crippen molar-refractivity contribution >= 4 is 17.6 Å². The second-order valence-electron chi connectivity index (χ2n) is 8.04. The number of nitrogens with zero attached hydrogens (tertiary/aromatic N) is 1. The first kappa shape index (κ1) is 22.9. The van der Waals surface area contributed by atoms with Crippen LogP contribution in [0.3, 0.4) is 0 Å². The topological polar surface area (TPSA) is 96.9 Å². The molecule has 1 heterocycles. The fourth-order valence-electron chi connectivity index (χ4n) is 3.24. The maximum Gasteiger partial charge on any atom is 0.409 e. The van der Waals surface area contributed by atoms with Crippen molar-refractivity contribution in [3.8, 4) is 0 Å². The number of alkyl halides is 3. The summed E-state index contributed by atoms with van der Waals surface area (Å²) in [6.45, 7) is 5.71. The third kappa shape index (κ3) is 6.59. The van der Waals surface area contributed by atoms with E-state index in [0.717, 1.165) is 0 Å². The number of aliphatic imine (C=N–C) groups is 1. The summed E-state index contributed by atoms with van der Waals surface area (Å²) in [5.74, 6) is -1.13. The van der Waals surface area contributed by atoms with Crippen molar-refractivity contribution in [2.24, 2.45) is 16.6 Å². The van der Waals surface area contributed by atoms with Crippen molar-refractivity contribution in [2.45, 2.75) is 57.3 Å². The van der Waals surface area contributed by atoms with Gasteiger partial charge in [-0.3, -0.25) is 10.3 Å². The Morgan fingerprint density at radius 1 is 1.31 bits per heavy atom. The molecule has 4 N–H and O–H groups in total. The lowest BCUT2D eigenvalue weighted by Gasteiger charge is -2.33. The zero-order valence-electron chi connectivity index (χ0n) is 16.4. The number of hydrogen-bond donors (Lipinski definition) is 3. The van der Waals surface area contributed by atoms with Gasteiger partial charge in [-0.05, 0) is 51.8 Å². The second-order valence-corrected chi connectivity index (χ2v) is 8.04. The van der Waals surface area contributed by atoms with Gasteiger partial charge in [0.1, 0.15) is 18.3 Å². The first-order chi connectivity index (χ1) is 13.2. The highest BCUT2D eigenvalue weighted by atomic mass is 19.4. The quantitative estimate of drug-likeness (QED) is 0.608. The number of anilines is 1. The first-order valence-corrected chi connectivity index (χ1v) is 9.07. The predicted molar refractivity (Wildman–Crippen MR) is 100 cm³/mol. The van der Waals surface area contributed by atoms with Gasteiger partial charge in [0, 0.05) is 17.7 Å². The lowest BCUT2D eigenvalue weighted by atomic mass is 9.82. The number of benzene rings is 1. The summed E-state index contributed by atoms with van der Waals surface area (Å²) in [6, 6.07) is 4.03. The number of carbonyl (C=O) groups is 1. The highest BCUT2D eigenvalue weighted by Gasteiger charge is 2.47. The van der Waals surface area contributed by atoms with Crippen LogP contribution in [-0.4, -0.2) is 35.4 Å². The lowest BCUT2D eigenvalue weighted by Crippen LogP contribution is -2.33. The number of halogens is 4. The molecule has 1 aromatic rings. The van der Waals surface area contributed by atoms with Gasteiger partial charge in [0.05, 0.1) is 17.1 Å². The molecule has 0 radical (unpaired) electrons. The van der Waals surface area contributed by atoms with Crippen LogP contribution in [0.15, 0.2) is 23.2 Å². The number of amidine groups is 1. The van der Waals surface area contributed by atoms with Gasteiger partial charge in [-0.1, -0.05) is 0 Å². The molecule has 0 aromatic heterocycles. The van der Waals surface area contributed by atoms with E-state index >= 15 is 0 Å². The van der Waals surface area contributed by atoms with E-state index in [9.17, 15) is 22.4 Å². The number of rotatable bonds is 2. The predicted octanol–water partition coefficient (Wildman–Crippen LogP) is 4.65. The smallest absolute Gasteiger partial charge is 0.409 e. The summed E-state index contributed by atoms with van der Waals surface area (Å²) >= 11 is 0. The molecular weight excluding hydrogens is 394 g/mol. The Hall–Kier alpha value is -2.36. The Balaban J connectivity index is 0.000000360. The van der Waals surface area contributed by atoms with Crippen LogP contribution < -0.4 is 11.1 Å². The molecular formula is C19H25F4N3O3. The number of amides is 1. The van der Waals surface area contributed by atoms with Crippen LogP contribution in [0.4, 0.5) is 28.0 Å². The lowest BCUT2D eigenvalue weighted by molar-refractivity contribution is -0.147. The van der Waals surface area contributed by atoms with Crippen LogP contribution >= 0.6 is 0 Å². The van der Waals surface area contributed by atoms with Gasteiger partial charge in [0.25, 0.3) is 0 Å². The van der Waals surface area contributed by atoms with Crippen molar-refractivity contribution in [1.29, 1.82) is 0 Å². The van der Waals surface area contributed by atoms with Crippen LogP contribution in [0.25, 0.3) is 0 Å². The van der Waals surface area contributed by atoms with E-state index in [1.807, 2.05) is 13.8 Å². The average molecular weight is 419 g/mol. The van der Waals surface area contributed by atoms with Crippen LogP contribution in [-0.2, 0) is 10.3 Å². The summed E-state index contributed by atoms with van der Waals surface area (Å²) in [4.78, 5) is 15.2. The molecule has 0 spiro atoms. The first-order valence-electron chi connectivity index (χ1n) is 9.07. The van der Waals surface area contributed by atoms with Crippen LogP contribution in [0, 0.1) is 11.7 Å². The van der Waals surface area contributed by atoms with Gasteiger partial charge in [0.2, 0.25) is 0 Å². The van der Waals surface area contributed by atoms with Crippen molar-refractivity contribution in [1.82, 2.24) is 0 Å². The zero-order valence-corrected chi connectivity index (χ0v) is 16.4. The molecule has 0 bridgehead atoms. The minimum Gasteiger partial charge on any atom is -0.465 e. The van der Waals surface area contributed by atoms with E-state index in [4.69, 9.17) is 15.6 Å².